The highest BCUT2D eigenvalue weighted by Crippen LogP contribution is 2.56. The standard InChI is InChI=1S/C6H2F12O3S.C2H7N/c7-1(3(10,11)12)2(8,9)4(13,14)5(15,16)6(17,18)22(19,20)21;1-3-2/h1H,(H,19,20,21);3H,1-2H3. The number of nitrogens with one attached hydrogen (secondary N) is 1. The fourth-order valence-electron chi connectivity index (χ4n) is 0.919. The van der Waals surface area contributed by atoms with Gasteiger partial charge in [-0.1, -0.05) is 0 Å². The zero-order valence-corrected chi connectivity index (χ0v) is 12.6. The molecule has 0 fully saturated rings. The van der Waals surface area contributed by atoms with Crippen LogP contribution in [0.5, 0.6) is 0 Å². The maximum absolute atomic E-state index is 12.7. The van der Waals surface area contributed by atoms with Crippen LogP contribution in [0.1, 0.15) is 0 Å². The first-order chi connectivity index (χ1) is 10.6. The lowest BCUT2D eigenvalue weighted by atomic mass is 10.00. The third kappa shape index (κ3) is 4.60. The van der Waals surface area contributed by atoms with Crippen LogP contribution in [0.3, 0.4) is 0 Å². The highest BCUT2D eigenvalue weighted by Gasteiger charge is 2.87. The van der Waals surface area contributed by atoms with Gasteiger partial charge < -0.3 is 5.32 Å². The molecule has 17 heteroatoms. The lowest BCUT2D eigenvalue weighted by Gasteiger charge is -2.36. The molecular formula is C8H9F12NO3S. The molecule has 0 aromatic heterocycles. The zero-order chi connectivity index (χ0) is 21.3. The first-order valence-electron chi connectivity index (χ1n) is 5.34. The van der Waals surface area contributed by atoms with E-state index in [1.54, 1.807) is 0 Å². The van der Waals surface area contributed by atoms with Crippen LogP contribution < -0.4 is 5.32 Å². The molecule has 1 unspecified atom stereocenters. The molecule has 0 aliphatic rings. The quantitative estimate of drug-likeness (QED) is 0.523. The van der Waals surface area contributed by atoms with Crippen molar-refractivity contribution in [2.45, 2.75) is 35.4 Å². The predicted octanol–water partition coefficient (Wildman–Crippen LogP) is 3.11. The van der Waals surface area contributed by atoms with Gasteiger partial charge in [0.15, 0.2) is 0 Å². The fourth-order valence-corrected chi connectivity index (χ4v) is 1.37. The number of rotatable bonds is 5. The van der Waals surface area contributed by atoms with E-state index in [-0.39, 0.29) is 0 Å². The summed E-state index contributed by atoms with van der Waals surface area (Å²) in [6.07, 6.45) is -12.9. The Balaban J connectivity index is 0. The summed E-state index contributed by atoms with van der Waals surface area (Å²) in [5, 5.41) is -4.59. The van der Waals surface area contributed by atoms with E-state index in [0.717, 1.165) is 0 Å². The molecule has 0 saturated heterocycles. The van der Waals surface area contributed by atoms with Crippen LogP contribution in [0.4, 0.5) is 52.7 Å². The Labute approximate surface area is 131 Å². The smallest absolute Gasteiger partial charge is 0.323 e. The summed E-state index contributed by atoms with van der Waals surface area (Å²) in [6, 6.07) is 0. The minimum Gasteiger partial charge on any atom is -0.323 e. The van der Waals surface area contributed by atoms with Crippen molar-refractivity contribution >= 4 is 10.1 Å². The van der Waals surface area contributed by atoms with Crippen molar-refractivity contribution in [2.75, 3.05) is 14.1 Å². The van der Waals surface area contributed by atoms with Crippen LogP contribution in [0, 0.1) is 0 Å². The Hall–Kier alpha value is -0.970. The molecule has 0 heterocycles. The van der Waals surface area contributed by atoms with Crippen LogP contribution in [-0.4, -0.2) is 62.4 Å². The zero-order valence-electron chi connectivity index (χ0n) is 11.8. The Morgan fingerprint density at radius 1 is 0.800 bits per heavy atom. The predicted molar refractivity (Wildman–Crippen MR) is 57.3 cm³/mol. The molecule has 0 rings (SSSR count). The molecule has 0 aliphatic heterocycles. The first kappa shape index (κ1) is 26.3. The number of halogens is 12. The molecule has 4 nitrogen and oxygen atoms in total. The second-order valence-electron chi connectivity index (χ2n) is 4.17. The summed E-state index contributed by atoms with van der Waals surface area (Å²) in [5.74, 6) is -23.1. The third-order valence-electron chi connectivity index (χ3n) is 2.11. The summed E-state index contributed by atoms with van der Waals surface area (Å²) < 4.78 is 175. The Bertz CT molecular complexity index is 543. The summed E-state index contributed by atoms with van der Waals surface area (Å²) in [7, 11) is -3.72. The number of hydrogen-bond acceptors (Lipinski definition) is 3. The molecule has 25 heavy (non-hydrogen) atoms. The van der Waals surface area contributed by atoms with Gasteiger partial charge in [0.2, 0.25) is 0 Å². The van der Waals surface area contributed by atoms with Gasteiger partial charge in [0.1, 0.15) is 0 Å². The fraction of sp³-hybridized carbons (Fsp3) is 1.00. The first-order valence-corrected chi connectivity index (χ1v) is 6.78. The van der Waals surface area contributed by atoms with E-state index in [4.69, 9.17) is 4.55 Å². The summed E-state index contributed by atoms with van der Waals surface area (Å²) >= 11 is 0. The molecule has 0 radical (unpaired) electrons. The van der Waals surface area contributed by atoms with Crippen LogP contribution >= 0.6 is 0 Å². The SMILES string of the molecule is CNC.O=S(=O)(O)C(F)(F)C(F)(F)C(F)(F)C(F)(F)C(F)C(F)(F)F. The summed E-state index contributed by atoms with van der Waals surface area (Å²) in [5.41, 5.74) is 0. The molecule has 0 bridgehead atoms. The van der Waals surface area contributed by atoms with Gasteiger partial charge in [-0.2, -0.15) is 56.7 Å². The number of hydrogen-bond donors (Lipinski definition) is 2. The maximum Gasteiger partial charge on any atom is 0.438 e. The van der Waals surface area contributed by atoms with Gasteiger partial charge in [0, 0.05) is 0 Å². The second kappa shape index (κ2) is 7.34. The van der Waals surface area contributed by atoms with Crippen molar-refractivity contribution in [3.05, 3.63) is 0 Å². The van der Waals surface area contributed by atoms with E-state index < -0.39 is 45.5 Å². The van der Waals surface area contributed by atoms with Crippen molar-refractivity contribution < 1.29 is 65.7 Å². The normalized spacial score (nSPS) is 16.1. The highest BCUT2D eigenvalue weighted by molar-refractivity contribution is 7.87. The van der Waals surface area contributed by atoms with Crippen LogP contribution in [0.25, 0.3) is 0 Å². The molecule has 0 aromatic rings. The lowest BCUT2D eigenvalue weighted by molar-refractivity contribution is -0.380. The van der Waals surface area contributed by atoms with E-state index in [2.05, 4.69) is 5.32 Å². The minimum atomic E-state index is -7.84. The van der Waals surface area contributed by atoms with Gasteiger partial charge in [-0.3, -0.25) is 4.55 Å². The monoisotopic (exact) mass is 427 g/mol. The third-order valence-corrected chi connectivity index (χ3v) is 3.01. The van der Waals surface area contributed by atoms with Crippen molar-refractivity contribution in [1.82, 2.24) is 5.32 Å². The van der Waals surface area contributed by atoms with Gasteiger partial charge >= 0.3 is 39.3 Å². The molecule has 0 spiro atoms. The van der Waals surface area contributed by atoms with Crippen molar-refractivity contribution in [3.63, 3.8) is 0 Å². The van der Waals surface area contributed by atoms with E-state index in [9.17, 15) is 61.1 Å². The van der Waals surface area contributed by atoms with Gasteiger partial charge in [-0.15, -0.1) is 0 Å². The minimum absolute atomic E-state index is 1.88. The summed E-state index contributed by atoms with van der Waals surface area (Å²) in [4.78, 5) is 0. The number of alkyl halides is 12. The lowest BCUT2D eigenvalue weighted by Crippen LogP contribution is -2.68. The molecule has 0 aromatic carbocycles. The topological polar surface area (TPSA) is 66.4 Å². The van der Waals surface area contributed by atoms with Crippen molar-refractivity contribution in [1.29, 1.82) is 0 Å². The molecule has 1 atom stereocenters. The van der Waals surface area contributed by atoms with Gasteiger partial charge in [0.05, 0.1) is 0 Å². The Morgan fingerprint density at radius 2 is 1.08 bits per heavy atom. The van der Waals surface area contributed by atoms with Crippen molar-refractivity contribution in [2.24, 2.45) is 0 Å². The highest BCUT2D eigenvalue weighted by atomic mass is 32.2. The summed E-state index contributed by atoms with van der Waals surface area (Å²) in [6.45, 7) is 0. The molecule has 0 aliphatic carbocycles. The largest absolute Gasteiger partial charge is 0.438 e. The second-order valence-corrected chi connectivity index (χ2v) is 5.63. The maximum atomic E-state index is 12.7. The average molecular weight is 427 g/mol. The van der Waals surface area contributed by atoms with Crippen LogP contribution in [0.15, 0.2) is 0 Å². The molecule has 0 amide bonds. The molecule has 154 valence electrons. The molecular weight excluding hydrogens is 418 g/mol. The van der Waals surface area contributed by atoms with Gasteiger partial charge in [0.25, 0.3) is 6.17 Å². The van der Waals surface area contributed by atoms with Gasteiger partial charge in [-0.25, -0.2) is 4.39 Å². The van der Waals surface area contributed by atoms with E-state index in [1.165, 1.54) is 0 Å². The van der Waals surface area contributed by atoms with Crippen molar-refractivity contribution in [3.8, 4) is 0 Å². The Morgan fingerprint density at radius 3 is 1.28 bits per heavy atom. The van der Waals surface area contributed by atoms with E-state index in [1.807, 2.05) is 14.1 Å². The Kier molecular flexibility index (Phi) is 7.71. The molecule has 2 N–H and O–H groups in total. The van der Waals surface area contributed by atoms with Gasteiger partial charge in [-0.05, 0) is 14.1 Å². The van der Waals surface area contributed by atoms with Crippen LogP contribution in [0.2, 0.25) is 0 Å². The van der Waals surface area contributed by atoms with Crippen LogP contribution in [-0.2, 0) is 10.1 Å². The van der Waals surface area contributed by atoms with E-state index >= 15 is 0 Å². The molecule has 0 saturated carbocycles. The van der Waals surface area contributed by atoms with E-state index in [0.29, 0.717) is 0 Å². The average Bonchev–Trinajstić information content (AvgIpc) is 2.35.